The summed E-state index contributed by atoms with van der Waals surface area (Å²) in [6, 6.07) is 3.98. The molecule has 1 amide bonds. The second kappa shape index (κ2) is 14.1. The van der Waals surface area contributed by atoms with Gasteiger partial charge in [0.1, 0.15) is 17.9 Å². The maximum atomic E-state index is 14.4. The number of ether oxygens (including phenoxy) is 1. The molecular formula is C34H51FN8O4S. The van der Waals surface area contributed by atoms with Gasteiger partial charge in [-0.15, -0.1) is 0 Å². The Morgan fingerprint density at radius 1 is 1.06 bits per heavy atom. The average Bonchev–Trinajstić information content (AvgIpc) is 3.00. The van der Waals surface area contributed by atoms with Crippen LogP contribution in [0.1, 0.15) is 63.7 Å². The van der Waals surface area contributed by atoms with E-state index in [1.807, 2.05) is 27.7 Å². The monoisotopic (exact) mass is 686 g/mol. The van der Waals surface area contributed by atoms with Gasteiger partial charge in [-0.3, -0.25) is 4.79 Å². The maximum absolute atomic E-state index is 14.4. The van der Waals surface area contributed by atoms with E-state index in [9.17, 15) is 17.6 Å². The van der Waals surface area contributed by atoms with Crippen molar-refractivity contribution in [2.24, 2.45) is 11.3 Å². The summed E-state index contributed by atoms with van der Waals surface area (Å²) in [5.41, 5.74) is 0.383. The fourth-order valence-electron chi connectivity index (χ4n) is 7.73. The van der Waals surface area contributed by atoms with E-state index >= 15 is 0 Å². The SMILES string of the molecule is CC(C)N(C(=O)c1cc(F)ccc1Oc1cncnc1N1CC2(CCN(CC3CCN(S(=O)(=O)N(C)C4CNC4)CC3)CC2)C1)C(C)C. The molecule has 0 saturated carbocycles. The first-order valence-electron chi connectivity index (χ1n) is 17.4. The molecule has 0 bridgehead atoms. The van der Waals surface area contributed by atoms with Gasteiger partial charge in [0.2, 0.25) is 0 Å². The van der Waals surface area contributed by atoms with E-state index in [1.54, 1.807) is 26.8 Å². The number of benzene rings is 1. The van der Waals surface area contributed by atoms with Gasteiger partial charge in [-0.25, -0.2) is 14.4 Å². The molecule has 0 unspecified atom stereocenters. The Morgan fingerprint density at radius 3 is 2.33 bits per heavy atom. The van der Waals surface area contributed by atoms with Crippen molar-refractivity contribution in [3.8, 4) is 11.5 Å². The highest BCUT2D eigenvalue weighted by Gasteiger charge is 2.46. The van der Waals surface area contributed by atoms with Crippen molar-refractivity contribution in [3.63, 3.8) is 0 Å². The number of amides is 1. The van der Waals surface area contributed by atoms with Crippen LogP contribution in [-0.4, -0.2) is 127 Å². The Bertz CT molecular complexity index is 1540. The number of likely N-dealkylation sites (tertiary alicyclic amines) is 1. The van der Waals surface area contributed by atoms with E-state index in [-0.39, 0.29) is 40.8 Å². The molecule has 4 aliphatic heterocycles. The summed E-state index contributed by atoms with van der Waals surface area (Å²) in [4.78, 5) is 28.8. The number of halogens is 1. The lowest BCUT2D eigenvalue weighted by Gasteiger charge is -2.54. The average molecular weight is 687 g/mol. The molecule has 4 aliphatic rings. The van der Waals surface area contributed by atoms with Gasteiger partial charge in [-0.1, -0.05) is 0 Å². The summed E-state index contributed by atoms with van der Waals surface area (Å²) in [6.07, 6.45) is 7.09. The topological polar surface area (TPSA) is 114 Å². The number of aromatic nitrogens is 2. The lowest BCUT2D eigenvalue weighted by Crippen LogP contribution is -2.61. The van der Waals surface area contributed by atoms with Crippen molar-refractivity contribution < 1.29 is 22.3 Å². The van der Waals surface area contributed by atoms with Gasteiger partial charge in [0, 0.05) is 70.4 Å². The van der Waals surface area contributed by atoms with Crippen LogP contribution in [0.2, 0.25) is 0 Å². The number of hydrogen-bond donors (Lipinski definition) is 1. The number of carbonyl (C=O) groups is 1. The van der Waals surface area contributed by atoms with Crippen LogP contribution in [0.4, 0.5) is 10.2 Å². The van der Waals surface area contributed by atoms with Gasteiger partial charge in [0.05, 0.1) is 17.8 Å². The Balaban J connectivity index is 1.02. The first kappa shape index (κ1) is 34.9. The zero-order valence-corrected chi connectivity index (χ0v) is 29.8. The van der Waals surface area contributed by atoms with Gasteiger partial charge in [0.25, 0.3) is 16.1 Å². The standard InChI is InChI=1S/C34H51FN8O4S/c1-24(2)43(25(3)4)33(44)29-16-27(35)6-7-30(29)47-31-19-37-23-38-32(31)41-21-34(22-41)10-14-40(15-11-34)20-26-8-12-42(13-9-26)48(45,46)39(5)28-17-36-18-28/h6-7,16,19,23-26,28,36H,8-15,17-18,20-22H2,1-5H3. The Hall–Kier alpha value is -2.91. The van der Waals surface area contributed by atoms with Gasteiger partial charge in [0.15, 0.2) is 11.6 Å². The second-order valence-electron chi connectivity index (χ2n) is 14.7. The van der Waals surface area contributed by atoms with Crippen LogP contribution < -0.4 is 15.0 Å². The largest absolute Gasteiger partial charge is 0.451 e. The third-order valence-corrected chi connectivity index (χ3v) is 12.8. The number of carbonyl (C=O) groups excluding carboxylic acids is 1. The van der Waals surface area contributed by atoms with E-state index in [1.165, 1.54) is 24.5 Å². The summed E-state index contributed by atoms with van der Waals surface area (Å²) in [5.74, 6) is 1.12. The molecule has 1 aromatic heterocycles. The molecule has 48 heavy (non-hydrogen) atoms. The zero-order valence-electron chi connectivity index (χ0n) is 28.9. The normalized spacial score (nSPS) is 21.1. The first-order valence-corrected chi connectivity index (χ1v) is 18.8. The molecule has 4 fully saturated rings. The molecule has 4 saturated heterocycles. The van der Waals surface area contributed by atoms with E-state index in [2.05, 4.69) is 25.1 Å². The van der Waals surface area contributed by atoms with E-state index < -0.39 is 16.0 Å². The minimum Gasteiger partial charge on any atom is -0.451 e. The smallest absolute Gasteiger partial charge is 0.282 e. The summed E-state index contributed by atoms with van der Waals surface area (Å²) in [7, 11) is -1.69. The third-order valence-electron chi connectivity index (χ3n) is 10.7. The van der Waals surface area contributed by atoms with Crippen LogP contribution in [0.25, 0.3) is 0 Å². The van der Waals surface area contributed by atoms with Gasteiger partial charge >= 0.3 is 0 Å². The predicted octanol–water partition coefficient (Wildman–Crippen LogP) is 3.43. The number of likely N-dealkylation sites (N-methyl/N-ethyl adjacent to an activating group) is 1. The Morgan fingerprint density at radius 2 is 1.73 bits per heavy atom. The van der Waals surface area contributed by atoms with Crippen LogP contribution in [0.5, 0.6) is 11.5 Å². The van der Waals surface area contributed by atoms with Gasteiger partial charge in [-0.2, -0.15) is 17.0 Å². The molecule has 1 spiro atoms. The van der Waals surface area contributed by atoms with Crippen molar-refractivity contribution >= 4 is 21.9 Å². The van der Waals surface area contributed by atoms with Crippen LogP contribution in [0.3, 0.4) is 0 Å². The minimum atomic E-state index is -3.40. The minimum absolute atomic E-state index is 0.0632. The molecule has 0 radical (unpaired) electrons. The van der Waals surface area contributed by atoms with Gasteiger partial charge in [-0.05, 0) is 90.6 Å². The van der Waals surface area contributed by atoms with E-state index in [0.29, 0.717) is 30.6 Å². The van der Waals surface area contributed by atoms with E-state index in [0.717, 1.165) is 71.5 Å². The van der Waals surface area contributed by atoms with Crippen LogP contribution in [0.15, 0.2) is 30.7 Å². The number of rotatable bonds is 11. The van der Waals surface area contributed by atoms with Crippen LogP contribution in [-0.2, 0) is 10.2 Å². The Labute approximate surface area is 284 Å². The van der Waals surface area contributed by atoms with E-state index in [4.69, 9.17) is 4.74 Å². The zero-order chi connectivity index (χ0) is 34.2. The van der Waals surface area contributed by atoms with Crippen molar-refractivity contribution in [2.45, 2.75) is 71.5 Å². The lowest BCUT2D eigenvalue weighted by atomic mass is 9.72. The number of anilines is 1. The maximum Gasteiger partial charge on any atom is 0.282 e. The molecule has 6 rings (SSSR count). The molecule has 12 nitrogen and oxygen atoms in total. The quantitative estimate of drug-likeness (QED) is 0.380. The van der Waals surface area contributed by atoms with Gasteiger partial charge < -0.3 is 24.8 Å². The third kappa shape index (κ3) is 7.18. The molecular weight excluding hydrogens is 635 g/mol. The Kier molecular flexibility index (Phi) is 10.3. The molecule has 0 atom stereocenters. The highest BCUT2D eigenvalue weighted by Crippen LogP contribution is 2.45. The highest BCUT2D eigenvalue weighted by atomic mass is 32.2. The lowest BCUT2D eigenvalue weighted by molar-refractivity contribution is 0.0606. The molecule has 5 heterocycles. The summed E-state index contributed by atoms with van der Waals surface area (Å²) >= 11 is 0. The second-order valence-corrected chi connectivity index (χ2v) is 16.7. The summed E-state index contributed by atoms with van der Waals surface area (Å²) < 4.78 is 50.0. The number of nitrogens with one attached hydrogen (secondary N) is 1. The number of piperidine rings is 2. The number of hydrogen-bond acceptors (Lipinski definition) is 9. The fourth-order valence-corrected chi connectivity index (χ4v) is 9.29. The van der Waals surface area contributed by atoms with Crippen molar-refractivity contribution in [2.75, 3.05) is 70.9 Å². The molecule has 0 aliphatic carbocycles. The molecule has 2 aromatic rings. The molecule has 264 valence electrons. The summed E-state index contributed by atoms with van der Waals surface area (Å²) in [5, 5.41) is 3.15. The van der Waals surface area contributed by atoms with Crippen molar-refractivity contribution in [1.29, 1.82) is 0 Å². The summed E-state index contributed by atoms with van der Waals surface area (Å²) in [6.45, 7) is 15.2. The van der Waals surface area contributed by atoms with Crippen molar-refractivity contribution in [1.82, 2.24) is 33.7 Å². The fraction of sp³-hybridized carbons (Fsp3) is 0.676. The molecule has 1 N–H and O–H groups in total. The predicted molar refractivity (Wildman–Crippen MR) is 183 cm³/mol. The first-order chi connectivity index (χ1) is 22.9. The van der Waals surface area contributed by atoms with Crippen LogP contribution >= 0.6 is 0 Å². The molecule has 1 aromatic carbocycles. The molecule has 14 heteroatoms. The highest BCUT2D eigenvalue weighted by molar-refractivity contribution is 7.86. The van der Waals surface area contributed by atoms with Crippen molar-refractivity contribution in [3.05, 3.63) is 42.1 Å². The number of nitrogens with zero attached hydrogens (tertiary/aromatic N) is 7. The van der Waals surface area contributed by atoms with Crippen LogP contribution in [0, 0.1) is 17.2 Å².